The maximum absolute atomic E-state index is 10.4. The SMILES string of the molecule is CCCN(CC(O)c1cc2ccccc2o1)C1CC1. The molecule has 1 heterocycles. The van der Waals surface area contributed by atoms with Crippen LogP contribution in [0.4, 0.5) is 0 Å². The molecule has 0 aliphatic heterocycles. The average molecular weight is 259 g/mol. The third-order valence-corrected chi connectivity index (χ3v) is 3.75. The highest BCUT2D eigenvalue weighted by atomic mass is 16.4. The molecule has 102 valence electrons. The molecular formula is C16H21NO2. The zero-order valence-corrected chi connectivity index (χ0v) is 11.4. The summed E-state index contributed by atoms with van der Waals surface area (Å²) in [5.41, 5.74) is 0.852. The maximum atomic E-state index is 10.4. The first-order chi connectivity index (χ1) is 9.28. The standard InChI is InChI=1S/C16H21NO2/c1-2-9-17(13-7-8-13)11-14(18)16-10-12-5-3-4-6-15(12)19-16/h3-6,10,13-14,18H,2,7-9,11H2,1H3. The highest BCUT2D eigenvalue weighted by molar-refractivity contribution is 5.77. The van der Waals surface area contributed by atoms with Crippen LogP contribution in [0.15, 0.2) is 34.7 Å². The van der Waals surface area contributed by atoms with Crippen LogP contribution < -0.4 is 0 Å². The number of aliphatic hydroxyl groups excluding tert-OH is 1. The van der Waals surface area contributed by atoms with Crippen molar-refractivity contribution >= 4 is 11.0 Å². The van der Waals surface area contributed by atoms with Crippen LogP contribution in [0.25, 0.3) is 11.0 Å². The summed E-state index contributed by atoms with van der Waals surface area (Å²) in [7, 11) is 0. The summed E-state index contributed by atoms with van der Waals surface area (Å²) in [6.07, 6.45) is 3.14. The molecule has 1 aromatic carbocycles. The Labute approximate surface area is 113 Å². The van der Waals surface area contributed by atoms with Gasteiger partial charge < -0.3 is 9.52 Å². The molecule has 0 radical (unpaired) electrons. The van der Waals surface area contributed by atoms with Gasteiger partial charge in [0.1, 0.15) is 17.4 Å². The highest BCUT2D eigenvalue weighted by Gasteiger charge is 2.30. The number of rotatable bonds is 6. The number of hydrogen-bond acceptors (Lipinski definition) is 3. The molecule has 1 atom stereocenters. The summed E-state index contributed by atoms with van der Waals surface area (Å²) in [5, 5.41) is 11.4. The van der Waals surface area contributed by atoms with Crippen molar-refractivity contribution in [2.45, 2.75) is 38.3 Å². The Morgan fingerprint density at radius 3 is 2.84 bits per heavy atom. The van der Waals surface area contributed by atoms with Crippen LogP contribution in [0.2, 0.25) is 0 Å². The molecule has 2 aromatic rings. The lowest BCUT2D eigenvalue weighted by molar-refractivity contribution is 0.0920. The topological polar surface area (TPSA) is 36.6 Å². The summed E-state index contributed by atoms with van der Waals surface area (Å²) in [6.45, 7) is 3.92. The van der Waals surface area contributed by atoms with E-state index >= 15 is 0 Å². The van der Waals surface area contributed by atoms with Gasteiger partial charge >= 0.3 is 0 Å². The van der Waals surface area contributed by atoms with Gasteiger partial charge in [-0.05, 0) is 37.9 Å². The maximum Gasteiger partial charge on any atom is 0.135 e. The highest BCUT2D eigenvalue weighted by Crippen LogP contribution is 2.30. The van der Waals surface area contributed by atoms with Gasteiger partial charge in [0, 0.05) is 18.0 Å². The molecule has 0 saturated heterocycles. The average Bonchev–Trinajstić information content (AvgIpc) is 3.16. The number of aliphatic hydroxyl groups is 1. The van der Waals surface area contributed by atoms with Crippen LogP contribution in [0, 0.1) is 0 Å². The van der Waals surface area contributed by atoms with Gasteiger partial charge in [0.25, 0.3) is 0 Å². The van der Waals surface area contributed by atoms with Crippen LogP contribution in [0.5, 0.6) is 0 Å². The van der Waals surface area contributed by atoms with E-state index in [4.69, 9.17) is 4.42 Å². The lowest BCUT2D eigenvalue weighted by atomic mass is 10.2. The molecule has 1 aromatic heterocycles. The van der Waals surface area contributed by atoms with Crippen molar-refractivity contribution in [1.29, 1.82) is 0 Å². The van der Waals surface area contributed by atoms with Gasteiger partial charge in [0.05, 0.1) is 0 Å². The minimum atomic E-state index is -0.528. The first-order valence-corrected chi connectivity index (χ1v) is 7.18. The molecule has 0 amide bonds. The second kappa shape index (κ2) is 5.35. The van der Waals surface area contributed by atoms with E-state index in [1.165, 1.54) is 12.8 Å². The largest absolute Gasteiger partial charge is 0.458 e. The van der Waals surface area contributed by atoms with Crippen LogP contribution in [0.1, 0.15) is 38.1 Å². The fourth-order valence-corrected chi connectivity index (χ4v) is 2.63. The second-order valence-corrected chi connectivity index (χ2v) is 5.43. The molecule has 0 bridgehead atoms. The van der Waals surface area contributed by atoms with Crippen molar-refractivity contribution in [2.24, 2.45) is 0 Å². The third kappa shape index (κ3) is 2.82. The zero-order valence-electron chi connectivity index (χ0n) is 11.4. The second-order valence-electron chi connectivity index (χ2n) is 5.43. The summed E-state index contributed by atoms with van der Waals surface area (Å²) in [5.74, 6) is 0.683. The molecule has 1 aliphatic carbocycles. The van der Waals surface area contributed by atoms with E-state index < -0.39 is 6.10 Å². The van der Waals surface area contributed by atoms with Crippen LogP contribution in [-0.2, 0) is 0 Å². The van der Waals surface area contributed by atoms with E-state index in [1.807, 2.05) is 30.3 Å². The van der Waals surface area contributed by atoms with E-state index in [9.17, 15) is 5.11 Å². The van der Waals surface area contributed by atoms with Gasteiger partial charge in [-0.2, -0.15) is 0 Å². The summed E-state index contributed by atoms with van der Waals surface area (Å²) >= 11 is 0. The molecular weight excluding hydrogens is 238 g/mol. The first kappa shape index (κ1) is 12.7. The Bertz CT molecular complexity index is 511. The van der Waals surface area contributed by atoms with E-state index in [1.54, 1.807) is 0 Å². The number of nitrogens with zero attached hydrogens (tertiary/aromatic N) is 1. The molecule has 3 heteroatoms. The Morgan fingerprint density at radius 1 is 1.37 bits per heavy atom. The van der Waals surface area contributed by atoms with E-state index in [-0.39, 0.29) is 0 Å². The third-order valence-electron chi connectivity index (χ3n) is 3.75. The first-order valence-electron chi connectivity index (χ1n) is 7.18. The minimum absolute atomic E-state index is 0.528. The molecule has 3 rings (SSSR count). The van der Waals surface area contributed by atoms with Gasteiger partial charge in [-0.3, -0.25) is 4.90 Å². The molecule has 0 spiro atoms. The fraction of sp³-hybridized carbons (Fsp3) is 0.500. The predicted octanol–water partition coefficient (Wildman–Crippen LogP) is 3.34. The molecule has 1 aliphatic rings. The quantitative estimate of drug-likeness (QED) is 0.864. The van der Waals surface area contributed by atoms with E-state index in [2.05, 4.69) is 11.8 Å². The van der Waals surface area contributed by atoms with Crippen molar-refractivity contribution in [1.82, 2.24) is 4.90 Å². The monoisotopic (exact) mass is 259 g/mol. The molecule has 1 unspecified atom stereocenters. The van der Waals surface area contributed by atoms with Crippen molar-refractivity contribution in [2.75, 3.05) is 13.1 Å². The Kier molecular flexibility index (Phi) is 3.58. The predicted molar refractivity (Wildman–Crippen MR) is 76.1 cm³/mol. The number of fused-ring (bicyclic) bond motifs is 1. The molecule has 1 saturated carbocycles. The molecule has 1 fully saturated rings. The van der Waals surface area contributed by atoms with Crippen molar-refractivity contribution in [3.8, 4) is 0 Å². The summed E-state index contributed by atoms with van der Waals surface area (Å²) in [4.78, 5) is 2.39. The van der Waals surface area contributed by atoms with Crippen LogP contribution in [0.3, 0.4) is 0 Å². The van der Waals surface area contributed by atoms with Crippen molar-refractivity contribution in [3.05, 3.63) is 36.1 Å². The van der Waals surface area contributed by atoms with Crippen LogP contribution >= 0.6 is 0 Å². The number of para-hydroxylation sites is 1. The smallest absolute Gasteiger partial charge is 0.135 e. The lowest BCUT2D eigenvalue weighted by Gasteiger charge is -2.23. The Balaban J connectivity index is 1.73. The zero-order chi connectivity index (χ0) is 13.2. The Hall–Kier alpha value is -1.32. The van der Waals surface area contributed by atoms with Crippen LogP contribution in [-0.4, -0.2) is 29.1 Å². The molecule has 19 heavy (non-hydrogen) atoms. The fourth-order valence-electron chi connectivity index (χ4n) is 2.63. The van der Waals surface area contributed by atoms with Gasteiger partial charge in [0.15, 0.2) is 0 Å². The number of hydrogen-bond donors (Lipinski definition) is 1. The molecule has 1 N–H and O–H groups in total. The lowest BCUT2D eigenvalue weighted by Crippen LogP contribution is -2.31. The van der Waals surface area contributed by atoms with Gasteiger partial charge in [0.2, 0.25) is 0 Å². The summed E-state index contributed by atoms with van der Waals surface area (Å²) < 4.78 is 5.73. The van der Waals surface area contributed by atoms with Gasteiger partial charge in [-0.15, -0.1) is 0 Å². The molecule has 3 nitrogen and oxygen atoms in total. The summed E-state index contributed by atoms with van der Waals surface area (Å²) in [6, 6.07) is 10.5. The number of benzene rings is 1. The number of furan rings is 1. The van der Waals surface area contributed by atoms with Crippen molar-refractivity contribution in [3.63, 3.8) is 0 Å². The Morgan fingerprint density at radius 2 is 2.16 bits per heavy atom. The normalized spacial score (nSPS) is 17.2. The van der Waals surface area contributed by atoms with E-state index in [0.29, 0.717) is 18.3 Å². The van der Waals surface area contributed by atoms with E-state index in [0.717, 1.165) is 23.9 Å². The van der Waals surface area contributed by atoms with Gasteiger partial charge in [-0.1, -0.05) is 25.1 Å². The van der Waals surface area contributed by atoms with Gasteiger partial charge in [-0.25, -0.2) is 0 Å². The van der Waals surface area contributed by atoms with Crippen molar-refractivity contribution < 1.29 is 9.52 Å². The minimum Gasteiger partial charge on any atom is -0.458 e.